The Kier molecular flexibility index (Phi) is 8.42. The van der Waals surface area contributed by atoms with Crippen LogP contribution in [-0.4, -0.2) is 46.8 Å². The van der Waals surface area contributed by atoms with Crippen molar-refractivity contribution in [3.63, 3.8) is 0 Å². The molecule has 5 N–H and O–H groups in total. The van der Waals surface area contributed by atoms with Crippen LogP contribution in [0.4, 0.5) is 5.82 Å². The number of phenols is 2. The van der Waals surface area contributed by atoms with E-state index >= 15 is 0 Å². The molecule has 0 saturated heterocycles. The number of pyridine rings is 1. The molecule has 268 valence electrons. The van der Waals surface area contributed by atoms with E-state index in [0.29, 0.717) is 35.3 Å². The van der Waals surface area contributed by atoms with Crippen molar-refractivity contribution in [3.05, 3.63) is 87.1 Å². The number of phenolic OH excluding ortho intramolecular Hbond substituents is 2. The monoisotopic (exact) mass is 702 g/mol. The number of aromatic hydroxyl groups is 2. The Labute approximate surface area is 302 Å². The number of carbonyl (C=O) groups excluding carboxylic acids is 1. The van der Waals surface area contributed by atoms with Gasteiger partial charge in [-0.05, 0) is 102 Å². The van der Waals surface area contributed by atoms with Crippen molar-refractivity contribution in [3.8, 4) is 51.7 Å². The molecule has 52 heavy (non-hydrogen) atoms. The Balaban J connectivity index is 1.40. The highest BCUT2D eigenvalue weighted by molar-refractivity contribution is 5.84. The van der Waals surface area contributed by atoms with Gasteiger partial charge in [0.15, 0.2) is 18.3 Å². The second kappa shape index (κ2) is 13.0. The van der Waals surface area contributed by atoms with Crippen LogP contribution in [0.3, 0.4) is 0 Å². The van der Waals surface area contributed by atoms with E-state index < -0.39 is 18.9 Å². The Morgan fingerprint density at radius 3 is 2.71 bits per heavy atom. The Bertz CT molecular complexity index is 2190. The SMILES string of the molecule is CCc1cc2c(nc1N)C#CCc1cc(O)c(OC)cc1C1Oc3c(ccc4c3C3(CCC(C2)C3)Cc2cc(O)cc(OCO)c2-4)C1COC(C)=O. The fraction of sp³-hybridized carbons (Fsp3) is 0.381. The number of methoxy groups -OCH3 is 1. The highest BCUT2D eigenvalue weighted by Crippen LogP contribution is 2.62. The van der Waals surface area contributed by atoms with Gasteiger partial charge in [0.2, 0.25) is 0 Å². The van der Waals surface area contributed by atoms with Crippen molar-refractivity contribution >= 4 is 11.8 Å². The molecule has 1 spiro atoms. The van der Waals surface area contributed by atoms with Gasteiger partial charge in [-0.2, -0.15) is 0 Å². The van der Waals surface area contributed by atoms with Crippen molar-refractivity contribution in [1.82, 2.24) is 4.98 Å². The molecule has 10 nitrogen and oxygen atoms in total. The number of anilines is 1. The number of nitrogen functional groups attached to an aromatic ring is 1. The molecule has 2 aliphatic carbocycles. The lowest BCUT2D eigenvalue weighted by atomic mass is 9.65. The van der Waals surface area contributed by atoms with Crippen LogP contribution >= 0.6 is 0 Å². The molecule has 4 unspecified atom stereocenters. The Hall–Kier alpha value is -5.40. The third-order valence-corrected chi connectivity index (χ3v) is 11.4. The number of nitrogens with two attached hydrogens (primary N) is 1. The van der Waals surface area contributed by atoms with Gasteiger partial charge in [0.05, 0.1) is 13.0 Å². The van der Waals surface area contributed by atoms with Crippen LogP contribution in [-0.2, 0) is 40.6 Å². The van der Waals surface area contributed by atoms with Crippen molar-refractivity contribution in [2.24, 2.45) is 5.92 Å². The largest absolute Gasteiger partial charge is 0.508 e. The van der Waals surface area contributed by atoms with Gasteiger partial charge >= 0.3 is 5.97 Å². The number of hydrogen-bond donors (Lipinski definition) is 4. The fourth-order valence-corrected chi connectivity index (χ4v) is 9.23. The first-order valence-corrected chi connectivity index (χ1v) is 17.9. The Morgan fingerprint density at radius 1 is 1.10 bits per heavy atom. The molecular weight excluding hydrogens is 660 g/mol. The van der Waals surface area contributed by atoms with E-state index in [2.05, 4.69) is 30.9 Å². The van der Waals surface area contributed by atoms with Gasteiger partial charge in [0, 0.05) is 47.1 Å². The molecule has 1 aromatic heterocycles. The molecule has 4 aliphatic rings. The van der Waals surface area contributed by atoms with Crippen LogP contribution in [0.1, 0.15) is 89.8 Å². The summed E-state index contributed by atoms with van der Waals surface area (Å²) in [6.07, 6.45) is 4.52. The average Bonchev–Trinajstić information content (AvgIpc) is 3.68. The van der Waals surface area contributed by atoms with E-state index in [1.54, 1.807) is 24.3 Å². The third kappa shape index (κ3) is 5.55. The van der Waals surface area contributed by atoms with E-state index in [0.717, 1.165) is 87.9 Å². The number of esters is 1. The van der Waals surface area contributed by atoms with Crippen LogP contribution in [0.2, 0.25) is 0 Å². The first kappa shape index (κ1) is 33.7. The van der Waals surface area contributed by atoms with Crippen LogP contribution in [0.5, 0.6) is 28.7 Å². The molecule has 4 bridgehead atoms. The quantitative estimate of drug-likeness (QED) is 0.104. The van der Waals surface area contributed by atoms with Crippen LogP contribution < -0.4 is 19.9 Å². The summed E-state index contributed by atoms with van der Waals surface area (Å²) in [5, 5.41) is 31.6. The standard InChI is InChI=1S/C42H42N2O8/c1-4-24-13-26-12-23-10-11-42(18-23)19-27-14-28(47)16-36(51-21-45)37(27)30-9-8-29-32(20-50-22(2)46)39(52-40(29)38(30)42)31-17-35(49-3)34(48)15-25(31)6-5-7-33(26)44-41(24)43/h8-9,13-17,23,32,39,45,47-48H,4,6,10-12,18-21H2,1-3H3,(H2,43,44). The molecule has 3 aromatic carbocycles. The van der Waals surface area contributed by atoms with Crippen molar-refractivity contribution in [1.29, 1.82) is 0 Å². The number of hydrogen-bond acceptors (Lipinski definition) is 10. The summed E-state index contributed by atoms with van der Waals surface area (Å²) in [4.78, 5) is 17.0. The molecular formula is C42H42N2O8. The molecule has 1 saturated carbocycles. The van der Waals surface area contributed by atoms with E-state index in [-0.39, 0.29) is 35.9 Å². The van der Waals surface area contributed by atoms with Gasteiger partial charge in [0.1, 0.15) is 41.5 Å². The van der Waals surface area contributed by atoms with Crippen LogP contribution in [0.15, 0.2) is 42.5 Å². The number of nitrogens with zero attached hydrogens (tertiary/aromatic N) is 1. The predicted molar refractivity (Wildman–Crippen MR) is 194 cm³/mol. The number of aromatic nitrogens is 1. The van der Waals surface area contributed by atoms with E-state index in [1.807, 2.05) is 6.07 Å². The number of aliphatic hydroxyl groups is 1. The topological polar surface area (TPSA) is 154 Å². The lowest BCUT2D eigenvalue weighted by Crippen LogP contribution is -2.31. The van der Waals surface area contributed by atoms with E-state index in [1.165, 1.54) is 14.0 Å². The molecule has 4 aromatic rings. The van der Waals surface area contributed by atoms with E-state index in [9.17, 15) is 20.1 Å². The lowest BCUT2D eigenvalue weighted by Gasteiger charge is -2.39. The molecule has 2 aliphatic heterocycles. The maximum atomic E-state index is 12.2. The number of benzene rings is 3. The zero-order valence-electron chi connectivity index (χ0n) is 29.5. The highest BCUT2D eigenvalue weighted by atomic mass is 16.6. The minimum absolute atomic E-state index is 0.0201. The van der Waals surface area contributed by atoms with Gasteiger partial charge in [-0.3, -0.25) is 4.79 Å². The van der Waals surface area contributed by atoms with Crippen LogP contribution in [0.25, 0.3) is 11.1 Å². The van der Waals surface area contributed by atoms with Gasteiger partial charge in [-0.25, -0.2) is 4.98 Å². The van der Waals surface area contributed by atoms with E-state index in [4.69, 9.17) is 29.7 Å². The summed E-state index contributed by atoms with van der Waals surface area (Å²) in [6, 6.07) is 13.1. The molecule has 8 rings (SSSR count). The average molecular weight is 703 g/mol. The first-order valence-electron chi connectivity index (χ1n) is 17.9. The molecule has 1 fully saturated rings. The molecule has 10 heteroatoms. The molecule has 3 heterocycles. The molecule has 0 radical (unpaired) electrons. The summed E-state index contributed by atoms with van der Waals surface area (Å²) in [5.74, 6) is 8.14. The van der Waals surface area contributed by atoms with Gasteiger partial charge in [-0.15, -0.1) is 0 Å². The zero-order valence-corrected chi connectivity index (χ0v) is 29.5. The molecule has 0 amide bonds. The van der Waals surface area contributed by atoms with Crippen molar-refractivity contribution < 1.29 is 39.1 Å². The summed E-state index contributed by atoms with van der Waals surface area (Å²) in [7, 11) is 1.50. The number of aryl methyl sites for hydroxylation is 1. The normalized spacial score (nSPS) is 22.0. The summed E-state index contributed by atoms with van der Waals surface area (Å²) < 4.78 is 24.2. The number of carbonyl (C=O) groups is 1. The van der Waals surface area contributed by atoms with Gasteiger partial charge < -0.3 is 40.0 Å². The van der Waals surface area contributed by atoms with Crippen molar-refractivity contribution in [2.45, 2.75) is 76.2 Å². The smallest absolute Gasteiger partial charge is 0.302 e. The lowest BCUT2D eigenvalue weighted by molar-refractivity contribution is -0.141. The Morgan fingerprint density at radius 2 is 1.94 bits per heavy atom. The van der Waals surface area contributed by atoms with Crippen LogP contribution in [0, 0.1) is 17.8 Å². The number of fused-ring (bicyclic) bond motifs is 7. The summed E-state index contributed by atoms with van der Waals surface area (Å²) in [6.45, 7) is 3.00. The maximum Gasteiger partial charge on any atom is 0.302 e. The number of ether oxygens (including phenoxy) is 4. The first-order chi connectivity index (χ1) is 25.1. The minimum atomic E-state index is -0.603. The number of aliphatic hydroxyl groups excluding tert-OH is 1. The molecule has 4 atom stereocenters. The summed E-state index contributed by atoms with van der Waals surface area (Å²) in [5.41, 5.74) is 15.0. The third-order valence-electron chi connectivity index (χ3n) is 11.4. The van der Waals surface area contributed by atoms with Gasteiger partial charge in [-0.1, -0.05) is 25.0 Å². The predicted octanol–water partition coefficient (Wildman–Crippen LogP) is 6.17. The summed E-state index contributed by atoms with van der Waals surface area (Å²) >= 11 is 0. The van der Waals surface area contributed by atoms with Crippen molar-refractivity contribution in [2.75, 3.05) is 26.2 Å². The second-order valence-corrected chi connectivity index (χ2v) is 14.5. The minimum Gasteiger partial charge on any atom is -0.508 e. The highest BCUT2D eigenvalue weighted by Gasteiger charge is 2.51. The zero-order chi connectivity index (χ0) is 36.3. The van der Waals surface area contributed by atoms with Gasteiger partial charge in [0.25, 0.3) is 0 Å². The fourth-order valence-electron chi connectivity index (χ4n) is 9.23. The maximum absolute atomic E-state index is 12.2. The number of rotatable bonds is 6. The second-order valence-electron chi connectivity index (χ2n) is 14.5.